The Morgan fingerprint density at radius 1 is 1.19 bits per heavy atom. The molecule has 0 atom stereocenters. The Labute approximate surface area is 113 Å². The number of carbonyl (C=O) groups excluding carboxylic acids is 1. The van der Waals surface area contributed by atoms with Crippen molar-refractivity contribution in [1.29, 1.82) is 0 Å². The molecule has 0 saturated carbocycles. The highest BCUT2D eigenvalue weighted by Crippen LogP contribution is 2.39. The van der Waals surface area contributed by atoms with Crippen molar-refractivity contribution in [3.63, 3.8) is 0 Å². The van der Waals surface area contributed by atoms with Crippen molar-refractivity contribution in [2.24, 2.45) is 0 Å². The zero-order valence-corrected chi connectivity index (χ0v) is 9.98. The number of alkyl halides is 3. The molecule has 1 aliphatic heterocycles. The molecule has 6 nitrogen and oxygen atoms in total. The fraction of sp³-hybridized carbons (Fsp3) is 0.167. The number of halogens is 3. The molecule has 110 valence electrons. The number of ketones is 1. The average molecular weight is 302 g/mol. The number of fused-ring (bicyclic) bond motifs is 2. The van der Waals surface area contributed by atoms with Crippen LogP contribution in [-0.2, 0) is 0 Å². The molecule has 1 aromatic carbocycles. The van der Waals surface area contributed by atoms with Gasteiger partial charge in [-0.2, -0.15) is 13.2 Å². The SMILES string of the molecule is O=C(c1c(O)c2cc3c(cc2oc1=O)OCO3)C(F)(F)F. The summed E-state index contributed by atoms with van der Waals surface area (Å²) in [6, 6.07) is 2.31. The first kappa shape index (κ1) is 13.3. The van der Waals surface area contributed by atoms with Gasteiger partial charge in [0.2, 0.25) is 6.79 Å². The second-order valence-electron chi connectivity index (χ2n) is 4.14. The van der Waals surface area contributed by atoms with Gasteiger partial charge in [-0.05, 0) is 6.07 Å². The van der Waals surface area contributed by atoms with Crippen LogP contribution in [0.4, 0.5) is 13.2 Å². The van der Waals surface area contributed by atoms with E-state index in [0.29, 0.717) is 0 Å². The van der Waals surface area contributed by atoms with Gasteiger partial charge < -0.3 is 19.0 Å². The van der Waals surface area contributed by atoms with Crippen molar-refractivity contribution < 1.29 is 37.0 Å². The van der Waals surface area contributed by atoms with Gasteiger partial charge in [0.25, 0.3) is 5.78 Å². The van der Waals surface area contributed by atoms with Crippen molar-refractivity contribution in [1.82, 2.24) is 0 Å². The Bertz CT molecular complexity index is 820. The Morgan fingerprint density at radius 3 is 2.43 bits per heavy atom. The molecule has 0 aliphatic carbocycles. The van der Waals surface area contributed by atoms with Gasteiger partial charge in [-0.25, -0.2) is 4.79 Å². The number of carbonyl (C=O) groups is 1. The molecule has 2 aromatic rings. The summed E-state index contributed by atoms with van der Waals surface area (Å²) < 4.78 is 51.9. The van der Waals surface area contributed by atoms with E-state index in [-0.39, 0.29) is 29.3 Å². The largest absolute Gasteiger partial charge is 0.506 e. The summed E-state index contributed by atoms with van der Waals surface area (Å²) in [5, 5.41) is 9.56. The smallest absolute Gasteiger partial charge is 0.455 e. The summed E-state index contributed by atoms with van der Waals surface area (Å²) >= 11 is 0. The van der Waals surface area contributed by atoms with Crippen LogP contribution in [-0.4, -0.2) is 23.9 Å². The quantitative estimate of drug-likeness (QED) is 0.640. The van der Waals surface area contributed by atoms with Crippen molar-refractivity contribution in [2.75, 3.05) is 6.79 Å². The maximum absolute atomic E-state index is 12.4. The Morgan fingerprint density at radius 2 is 1.81 bits per heavy atom. The van der Waals surface area contributed by atoms with E-state index in [1.54, 1.807) is 0 Å². The Kier molecular flexibility index (Phi) is 2.62. The number of hydrogen-bond acceptors (Lipinski definition) is 6. The lowest BCUT2D eigenvalue weighted by Crippen LogP contribution is -2.28. The summed E-state index contributed by atoms with van der Waals surface area (Å²) in [4.78, 5) is 22.7. The van der Waals surface area contributed by atoms with E-state index >= 15 is 0 Å². The molecule has 1 N–H and O–H groups in total. The number of aromatic hydroxyl groups is 1. The molecule has 9 heteroatoms. The number of ether oxygens (including phenoxy) is 2. The summed E-state index contributed by atoms with van der Waals surface area (Å²) in [5.41, 5.74) is -3.27. The lowest BCUT2D eigenvalue weighted by molar-refractivity contribution is -0.0888. The topological polar surface area (TPSA) is 86.0 Å². The summed E-state index contributed by atoms with van der Waals surface area (Å²) in [5.74, 6) is -3.23. The Balaban J connectivity index is 2.31. The first-order valence-electron chi connectivity index (χ1n) is 5.50. The lowest BCUT2D eigenvalue weighted by Gasteiger charge is -2.08. The van der Waals surface area contributed by atoms with Crippen molar-refractivity contribution in [3.8, 4) is 17.2 Å². The molecule has 2 heterocycles. The van der Waals surface area contributed by atoms with E-state index in [1.165, 1.54) is 6.07 Å². The normalized spacial score (nSPS) is 13.7. The van der Waals surface area contributed by atoms with Gasteiger partial charge in [-0.1, -0.05) is 0 Å². The van der Waals surface area contributed by atoms with Crippen LogP contribution < -0.4 is 15.1 Å². The van der Waals surface area contributed by atoms with Crippen LogP contribution in [0.2, 0.25) is 0 Å². The first-order valence-corrected chi connectivity index (χ1v) is 5.50. The molecule has 0 radical (unpaired) electrons. The second kappa shape index (κ2) is 4.14. The van der Waals surface area contributed by atoms with Gasteiger partial charge in [0, 0.05) is 6.07 Å². The standard InChI is InChI=1S/C12H5F3O6/c13-12(14,15)10(17)8-9(16)4-1-6-7(20-3-19-6)2-5(4)21-11(8)18/h1-2,16H,3H2. The highest BCUT2D eigenvalue weighted by atomic mass is 19.4. The monoisotopic (exact) mass is 302 g/mol. The van der Waals surface area contributed by atoms with E-state index in [1.807, 2.05) is 0 Å². The second-order valence-corrected chi connectivity index (χ2v) is 4.14. The number of Topliss-reactive ketones (excluding diaryl/α,β-unsaturated/α-hetero) is 1. The third-order valence-electron chi connectivity index (χ3n) is 2.86. The lowest BCUT2D eigenvalue weighted by atomic mass is 10.1. The molecule has 0 amide bonds. The molecule has 0 saturated heterocycles. The van der Waals surface area contributed by atoms with Crippen LogP contribution in [0.1, 0.15) is 10.4 Å². The highest BCUT2D eigenvalue weighted by molar-refractivity contribution is 6.06. The minimum absolute atomic E-state index is 0.120. The predicted molar refractivity (Wildman–Crippen MR) is 60.7 cm³/mol. The maximum atomic E-state index is 12.4. The van der Waals surface area contributed by atoms with Crippen molar-refractivity contribution in [3.05, 3.63) is 28.1 Å². The van der Waals surface area contributed by atoms with Crippen LogP contribution in [0.5, 0.6) is 17.2 Å². The van der Waals surface area contributed by atoms with Gasteiger partial charge in [0.05, 0.1) is 5.39 Å². The van der Waals surface area contributed by atoms with Gasteiger partial charge in [0.15, 0.2) is 17.1 Å². The predicted octanol–water partition coefficient (Wildman–Crippen LogP) is 1.97. The Hall–Kier alpha value is -2.71. The number of hydrogen-bond donors (Lipinski definition) is 1. The maximum Gasteiger partial charge on any atom is 0.455 e. The summed E-state index contributed by atoms with van der Waals surface area (Å²) in [6.45, 7) is -0.120. The third-order valence-corrected chi connectivity index (χ3v) is 2.86. The highest BCUT2D eigenvalue weighted by Gasteiger charge is 2.43. The van der Waals surface area contributed by atoms with Crippen LogP contribution in [0.25, 0.3) is 11.0 Å². The minimum atomic E-state index is -5.31. The minimum Gasteiger partial charge on any atom is -0.506 e. The number of benzene rings is 1. The van der Waals surface area contributed by atoms with E-state index in [9.17, 15) is 27.9 Å². The molecular weight excluding hydrogens is 297 g/mol. The molecule has 3 rings (SSSR count). The van der Waals surface area contributed by atoms with Crippen LogP contribution in [0, 0.1) is 0 Å². The zero-order chi connectivity index (χ0) is 15.4. The van der Waals surface area contributed by atoms with Crippen molar-refractivity contribution in [2.45, 2.75) is 6.18 Å². The van der Waals surface area contributed by atoms with E-state index in [0.717, 1.165) is 6.07 Å². The summed E-state index contributed by atoms with van der Waals surface area (Å²) in [7, 11) is 0. The van der Waals surface area contributed by atoms with Crippen molar-refractivity contribution >= 4 is 16.8 Å². The van der Waals surface area contributed by atoms with Gasteiger partial charge in [-0.15, -0.1) is 0 Å². The van der Waals surface area contributed by atoms with Gasteiger partial charge in [0.1, 0.15) is 11.3 Å². The molecule has 0 bridgehead atoms. The third kappa shape index (κ3) is 1.97. The van der Waals surface area contributed by atoms with Gasteiger partial charge >= 0.3 is 11.8 Å². The van der Waals surface area contributed by atoms with E-state index < -0.39 is 28.9 Å². The molecule has 1 aliphatic rings. The fourth-order valence-electron chi connectivity index (χ4n) is 1.92. The molecular formula is C12H5F3O6. The molecule has 0 spiro atoms. The van der Waals surface area contributed by atoms with Crippen LogP contribution in [0.15, 0.2) is 21.3 Å². The fourth-order valence-corrected chi connectivity index (χ4v) is 1.92. The molecule has 0 unspecified atom stereocenters. The van der Waals surface area contributed by atoms with Crippen LogP contribution >= 0.6 is 0 Å². The first-order chi connectivity index (χ1) is 9.79. The van der Waals surface area contributed by atoms with E-state index in [2.05, 4.69) is 4.42 Å². The molecule has 21 heavy (non-hydrogen) atoms. The van der Waals surface area contributed by atoms with Crippen LogP contribution in [0.3, 0.4) is 0 Å². The zero-order valence-electron chi connectivity index (χ0n) is 9.98. The average Bonchev–Trinajstić information content (AvgIpc) is 2.82. The number of rotatable bonds is 1. The van der Waals surface area contributed by atoms with Gasteiger partial charge in [-0.3, -0.25) is 4.79 Å². The van der Waals surface area contributed by atoms with E-state index in [4.69, 9.17) is 9.47 Å². The molecule has 0 fully saturated rings. The summed E-state index contributed by atoms with van der Waals surface area (Å²) in [6.07, 6.45) is -5.31. The molecule has 1 aromatic heterocycles.